The van der Waals surface area contributed by atoms with Crippen molar-refractivity contribution in [1.82, 2.24) is 4.90 Å². The second-order valence-electron chi connectivity index (χ2n) is 3.66. The van der Waals surface area contributed by atoms with Crippen LogP contribution in [0, 0.1) is 0 Å². The van der Waals surface area contributed by atoms with Crippen molar-refractivity contribution in [2.45, 2.75) is 6.92 Å². The van der Waals surface area contributed by atoms with Crippen LogP contribution >= 0.6 is 0 Å². The van der Waals surface area contributed by atoms with Gasteiger partial charge in [-0.3, -0.25) is 4.90 Å². The Hall–Kier alpha value is -1.26. The van der Waals surface area contributed by atoms with E-state index in [1.807, 2.05) is 24.3 Å². The summed E-state index contributed by atoms with van der Waals surface area (Å²) in [6.07, 6.45) is 0. The number of benzene rings is 1. The van der Waals surface area contributed by atoms with E-state index < -0.39 is 0 Å². The summed E-state index contributed by atoms with van der Waals surface area (Å²) in [5.74, 6) is 1.51. The third-order valence-corrected chi connectivity index (χ3v) is 2.60. The average molecular weight is 239 g/mol. The van der Waals surface area contributed by atoms with Crippen LogP contribution in [0.5, 0.6) is 11.5 Å². The zero-order valence-corrected chi connectivity index (χ0v) is 10.6. The van der Waals surface area contributed by atoms with E-state index in [-0.39, 0.29) is 6.61 Å². The van der Waals surface area contributed by atoms with Crippen molar-refractivity contribution in [2.24, 2.45) is 0 Å². The summed E-state index contributed by atoms with van der Waals surface area (Å²) in [4.78, 5) is 2.13. The molecule has 0 spiro atoms. The monoisotopic (exact) mass is 239 g/mol. The topological polar surface area (TPSA) is 41.9 Å². The predicted molar refractivity (Wildman–Crippen MR) is 67.7 cm³/mol. The van der Waals surface area contributed by atoms with E-state index in [4.69, 9.17) is 14.6 Å². The van der Waals surface area contributed by atoms with Crippen LogP contribution in [-0.2, 0) is 0 Å². The van der Waals surface area contributed by atoms with Crippen LogP contribution in [0.15, 0.2) is 24.3 Å². The summed E-state index contributed by atoms with van der Waals surface area (Å²) < 4.78 is 10.9. The molecular weight excluding hydrogens is 218 g/mol. The van der Waals surface area contributed by atoms with Gasteiger partial charge in [0.05, 0.1) is 13.7 Å². The third-order valence-electron chi connectivity index (χ3n) is 2.60. The molecule has 1 aromatic rings. The Bertz CT molecular complexity index is 317. The number of hydrogen-bond donors (Lipinski definition) is 1. The number of rotatable bonds is 8. The quantitative estimate of drug-likeness (QED) is 0.744. The molecule has 0 atom stereocenters. The van der Waals surface area contributed by atoms with Gasteiger partial charge in [-0.05, 0) is 18.7 Å². The Labute approximate surface area is 103 Å². The highest BCUT2D eigenvalue weighted by atomic mass is 16.5. The molecule has 0 aliphatic heterocycles. The number of hydrogen-bond acceptors (Lipinski definition) is 4. The van der Waals surface area contributed by atoms with Crippen molar-refractivity contribution in [2.75, 3.05) is 40.0 Å². The van der Waals surface area contributed by atoms with Gasteiger partial charge in [0.25, 0.3) is 0 Å². The van der Waals surface area contributed by atoms with E-state index in [0.29, 0.717) is 13.2 Å². The van der Waals surface area contributed by atoms with Crippen molar-refractivity contribution in [3.63, 3.8) is 0 Å². The van der Waals surface area contributed by atoms with Crippen molar-refractivity contribution in [3.8, 4) is 11.5 Å². The zero-order valence-electron chi connectivity index (χ0n) is 10.6. The molecule has 0 fully saturated rings. The van der Waals surface area contributed by atoms with Crippen LogP contribution in [-0.4, -0.2) is 50.0 Å². The SMILES string of the molecule is CCN(CCO)CCOc1ccccc1OC. The molecule has 1 N–H and O–H groups in total. The molecule has 0 saturated carbocycles. The van der Waals surface area contributed by atoms with Gasteiger partial charge in [0.2, 0.25) is 0 Å². The standard InChI is InChI=1S/C13H21NO3/c1-3-14(8-10-15)9-11-17-13-7-5-4-6-12(13)16-2/h4-7,15H,3,8-11H2,1-2H3. The van der Waals surface area contributed by atoms with Crippen LogP contribution in [0.3, 0.4) is 0 Å². The number of aliphatic hydroxyl groups excluding tert-OH is 1. The van der Waals surface area contributed by atoms with Crippen LogP contribution in [0.1, 0.15) is 6.92 Å². The van der Waals surface area contributed by atoms with Gasteiger partial charge >= 0.3 is 0 Å². The van der Waals surface area contributed by atoms with Crippen LogP contribution in [0.25, 0.3) is 0 Å². The van der Waals surface area contributed by atoms with Crippen molar-refractivity contribution in [1.29, 1.82) is 0 Å². The molecule has 0 aromatic heterocycles. The fourth-order valence-corrected chi connectivity index (χ4v) is 1.59. The molecule has 0 bridgehead atoms. The Morgan fingerprint density at radius 2 is 1.88 bits per heavy atom. The first-order valence-corrected chi connectivity index (χ1v) is 5.90. The Kier molecular flexibility index (Phi) is 6.43. The highest BCUT2D eigenvalue weighted by Gasteiger charge is 2.04. The first-order chi connectivity index (χ1) is 8.31. The molecule has 1 aromatic carbocycles. The molecule has 96 valence electrons. The second kappa shape index (κ2) is 7.92. The zero-order chi connectivity index (χ0) is 12.5. The summed E-state index contributed by atoms with van der Waals surface area (Å²) >= 11 is 0. The second-order valence-corrected chi connectivity index (χ2v) is 3.66. The molecule has 0 saturated heterocycles. The van der Waals surface area contributed by atoms with Crippen LogP contribution < -0.4 is 9.47 Å². The van der Waals surface area contributed by atoms with E-state index in [1.165, 1.54) is 0 Å². The third kappa shape index (κ3) is 4.63. The Morgan fingerprint density at radius 1 is 1.18 bits per heavy atom. The van der Waals surface area contributed by atoms with Gasteiger partial charge in [-0.2, -0.15) is 0 Å². The lowest BCUT2D eigenvalue weighted by molar-refractivity contribution is 0.172. The summed E-state index contributed by atoms with van der Waals surface area (Å²) in [5.41, 5.74) is 0. The lowest BCUT2D eigenvalue weighted by Crippen LogP contribution is -2.30. The van der Waals surface area contributed by atoms with Crippen molar-refractivity contribution < 1.29 is 14.6 Å². The van der Waals surface area contributed by atoms with Crippen molar-refractivity contribution >= 4 is 0 Å². The summed E-state index contributed by atoms with van der Waals surface area (Å²) in [6.45, 7) is 5.24. The number of nitrogens with zero attached hydrogens (tertiary/aromatic N) is 1. The highest BCUT2D eigenvalue weighted by molar-refractivity contribution is 5.39. The number of para-hydroxylation sites is 2. The maximum absolute atomic E-state index is 8.86. The lowest BCUT2D eigenvalue weighted by Gasteiger charge is -2.19. The van der Waals surface area contributed by atoms with Crippen LogP contribution in [0.4, 0.5) is 0 Å². The molecule has 0 heterocycles. The van der Waals surface area contributed by atoms with Gasteiger partial charge in [-0.1, -0.05) is 19.1 Å². The van der Waals surface area contributed by atoms with E-state index in [9.17, 15) is 0 Å². The predicted octanol–water partition coefficient (Wildman–Crippen LogP) is 1.39. The summed E-state index contributed by atoms with van der Waals surface area (Å²) in [7, 11) is 1.63. The minimum absolute atomic E-state index is 0.183. The Morgan fingerprint density at radius 3 is 2.47 bits per heavy atom. The van der Waals surface area contributed by atoms with Gasteiger partial charge in [-0.15, -0.1) is 0 Å². The molecule has 4 heteroatoms. The number of methoxy groups -OCH3 is 1. The Balaban J connectivity index is 2.39. The van der Waals surface area contributed by atoms with Gasteiger partial charge in [0.15, 0.2) is 11.5 Å². The summed E-state index contributed by atoms with van der Waals surface area (Å²) in [6, 6.07) is 7.60. The highest BCUT2D eigenvalue weighted by Crippen LogP contribution is 2.25. The average Bonchev–Trinajstić information content (AvgIpc) is 2.38. The van der Waals surface area contributed by atoms with Gasteiger partial charge in [0.1, 0.15) is 6.61 Å². The van der Waals surface area contributed by atoms with E-state index in [2.05, 4.69) is 11.8 Å². The fraction of sp³-hybridized carbons (Fsp3) is 0.538. The smallest absolute Gasteiger partial charge is 0.161 e. The van der Waals surface area contributed by atoms with Crippen molar-refractivity contribution in [3.05, 3.63) is 24.3 Å². The normalized spacial score (nSPS) is 10.6. The largest absolute Gasteiger partial charge is 0.493 e. The minimum Gasteiger partial charge on any atom is -0.493 e. The molecule has 0 unspecified atom stereocenters. The molecule has 0 aliphatic carbocycles. The first-order valence-electron chi connectivity index (χ1n) is 5.90. The lowest BCUT2D eigenvalue weighted by atomic mass is 10.3. The molecule has 0 amide bonds. The van der Waals surface area contributed by atoms with Gasteiger partial charge in [0, 0.05) is 13.1 Å². The maximum Gasteiger partial charge on any atom is 0.161 e. The number of likely N-dealkylation sites (N-methyl/N-ethyl adjacent to an activating group) is 1. The number of aliphatic hydroxyl groups is 1. The first kappa shape index (κ1) is 13.8. The molecule has 0 radical (unpaired) electrons. The molecule has 17 heavy (non-hydrogen) atoms. The van der Waals surface area contributed by atoms with Gasteiger partial charge in [-0.25, -0.2) is 0 Å². The molecule has 1 rings (SSSR count). The fourth-order valence-electron chi connectivity index (χ4n) is 1.59. The molecule has 0 aliphatic rings. The molecule has 4 nitrogen and oxygen atoms in total. The molecular formula is C13H21NO3. The van der Waals surface area contributed by atoms with E-state index in [0.717, 1.165) is 24.6 Å². The summed E-state index contributed by atoms with van der Waals surface area (Å²) in [5, 5.41) is 8.86. The van der Waals surface area contributed by atoms with Crippen LogP contribution in [0.2, 0.25) is 0 Å². The number of ether oxygens (including phenoxy) is 2. The van der Waals surface area contributed by atoms with E-state index in [1.54, 1.807) is 7.11 Å². The maximum atomic E-state index is 8.86. The minimum atomic E-state index is 0.183. The van der Waals surface area contributed by atoms with Gasteiger partial charge < -0.3 is 14.6 Å². The van der Waals surface area contributed by atoms with E-state index >= 15 is 0 Å².